The van der Waals surface area contributed by atoms with E-state index in [-0.39, 0.29) is 24.0 Å². The van der Waals surface area contributed by atoms with Crippen molar-refractivity contribution in [2.75, 3.05) is 19.7 Å². The van der Waals surface area contributed by atoms with Gasteiger partial charge < -0.3 is 10.4 Å². The predicted molar refractivity (Wildman–Crippen MR) is 57.1 cm³/mol. The molecule has 1 aromatic rings. The van der Waals surface area contributed by atoms with Gasteiger partial charge in [-0.05, 0) is 30.5 Å². The van der Waals surface area contributed by atoms with E-state index in [4.69, 9.17) is 0 Å². The highest BCUT2D eigenvalue weighted by molar-refractivity contribution is 5.25. The van der Waals surface area contributed by atoms with Gasteiger partial charge in [0.15, 0.2) is 11.6 Å². The second kappa shape index (κ2) is 5.06. The van der Waals surface area contributed by atoms with Gasteiger partial charge in [-0.2, -0.15) is 0 Å². The maximum atomic E-state index is 13.6. The van der Waals surface area contributed by atoms with E-state index >= 15 is 0 Å². The molecule has 17 heavy (non-hydrogen) atoms. The van der Waals surface area contributed by atoms with Crippen LogP contribution < -0.4 is 5.32 Å². The summed E-state index contributed by atoms with van der Waals surface area (Å²) in [6.45, 7) is 1.13. The van der Waals surface area contributed by atoms with Crippen molar-refractivity contribution in [3.63, 3.8) is 0 Å². The first-order valence-electron chi connectivity index (χ1n) is 5.59. The quantitative estimate of drug-likeness (QED) is 0.779. The van der Waals surface area contributed by atoms with Crippen LogP contribution in [0.5, 0.6) is 0 Å². The number of benzene rings is 1. The van der Waals surface area contributed by atoms with E-state index in [1.165, 1.54) is 0 Å². The summed E-state index contributed by atoms with van der Waals surface area (Å²) >= 11 is 0. The molecule has 2 atom stereocenters. The first kappa shape index (κ1) is 12.4. The molecule has 0 radical (unpaired) electrons. The third-order valence-electron chi connectivity index (χ3n) is 3.28. The van der Waals surface area contributed by atoms with Crippen LogP contribution in [0.25, 0.3) is 0 Å². The summed E-state index contributed by atoms with van der Waals surface area (Å²) in [6.07, 6.45) is 0.604. The lowest BCUT2D eigenvalue weighted by Gasteiger charge is -2.31. The summed E-state index contributed by atoms with van der Waals surface area (Å²) < 4.78 is 39.6. The lowest BCUT2D eigenvalue weighted by Crippen LogP contribution is -2.37. The molecule has 5 heteroatoms. The average Bonchev–Trinajstić information content (AvgIpc) is 2.34. The van der Waals surface area contributed by atoms with Crippen LogP contribution >= 0.6 is 0 Å². The van der Waals surface area contributed by atoms with Crippen LogP contribution in [0.1, 0.15) is 17.9 Å². The molecule has 0 amide bonds. The molecule has 2 rings (SSSR count). The highest BCUT2D eigenvalue weighted by atomic mass is 19.2. The van der Waals surface area contributed by atoms with Crippen LogP contribution in [0.4, 0.5) is 13.2 Å². The number of aliphatic hydroxyl groups is 1. The Morgan fingerprint density at radius 2 is 1.88 bits per heavy atom. The fraction of sp³-hybridized carbons (Fsp3) is 0.500. The van der Waals surface area contributed by atoms with Gasteiger partial charge in [0.25, 0.3) is 0 Å². The van der Waals surface area contributed by atoms with Crippen molar-refractivity contribution in [2.45, 2.75) is 12.3 Å². The summed E-state index contributed by atoms with van der Waals surface area (Å²) in [4.78, 5) is 0. The number of piperidine rings is 1. The van der Waals surface area contributed by atoms with Crippen molar-refractivity contribution in [1.82, 2.24) is 5.32 Å². The molecule has 1 fully saturated rings. The molecule has 1 aliphatic heterocycles. The Kier molecular flexibility index (Phi) is 3.69. The van der Waals surface area contributed by atoms with Gasteiger partial charge in [-0.3, -0.25) is 0 Å². The van der Waals surface area contributed by atoms with E-state index in [9.17, 15) is 18.3 Å². The fourth-order valence-corrected chi connectivity index (χ4v) is 2.35. The van der Waals surface area contributed by atoms with Gasteiger partial charge >= 0.3 is 0 Å². The zero-order chi connectivity index (χ0) is 12.4. The fourth-order valence-electron chi connectivity index (χ4n) is 2.35. The van der Waals surface area contributed by atoms with Crippen molar-refractivity contribution in [3.8, 4) is 0 Å². The molecule has 0 spiro atoms. The number of aliphatic hydroxyl groups excluding tert-OH is 1. The summed E-state index contributed by atoms with van der Waals surface area (Å²) in [5, 5.41) is 12.3. The van der Waals surface area contributed by atoms with Gasteiger partial charge in [-0.1, -0.05) is 0 Å². The number of halogens is 3. The third kappa shape index (κ3) is 2.45. The lowest BCUT2D eigenvalue weighted by molar-refractivity contribution is 0.177. The molecule has 1 heterocycles. The van der Waals surface area contributed by atoms with Gasteiger partial charge in [0, 0.05) is 25.1 Å². The summed E-state index contributed by atoms with van der Waals surface area (Å²) in [7, 11) is 0. The summed E-state index contributed by atoms with van der Waals surface area (Å²) in [5.74, 6) is -3.40. The molecule has 1 aliphatic rings. The predicted octanol–water partition coefficient (Wildman–Crippen LogP) is 1.79. The topological polar surface area (TPSA) is 32.3 Å². The number of hydrogen-bond donors (Lipinski definition) is 2. The molecule has 1 aromatic carbocycles. The second-order valence-corrected chi connectivity index (χ2v) is 4.33. The summed E-state index contributed by atoms with van der Waals surface area (Å²) in [6, 6.07) is 1.48. The standard InChI is InChI=1S/C12H14F3NO/c13-10-4-12(15)11(14)3-9(10)8-1-2-16-5-7(8)6-17/h3-4,7-8,16-17H,1-2,5-6H2/t7-,8+/m0/s1. The Morgan fingerprint density at radius 1 is 1.18 bits per heavy atom. The minimum Gasteiger partial charge on any atom is -0.396 e. The van der Waals surface area contributed by atoms with Crippen LogP contribution in [-0.4, -0.2) is 24.8 Å². The Morgan fingerprint density at radius 3 is 2.59 bits per heavy atom. The molecule has 0 aromatic heterocycles. The largest absolute Gasteiger partial charge is 0.396 e. The van der Waals surface area contributed by atoms with Crippen molar-refractivity contribution in [1.29, 1.82) is 0 Å². The van der Waals surface area contributed by atoms with Crippen LogP contribution in [0.2, 0.25) is 0 Å². The number of hydrogen-bond acceptors (Lipinski definition) is 2. The van der Waals surface area contributed by atoms with Gasteiger partial charge in [0.2, 0.25) is 0 Å². The van der Waals surface area contributed by atoms with E-state index < -0.39 is 17.5 Å². The van der Waals surface area contributed by atoms with Crippen molar-refractivity contribution in [3.05, 3.63) is 35.1 Å². The van der Waals surface area contributed by atoms with Crippen LogP contribution in [0.15, 0.2) is 12.1 Å². The van der Waals surface area contributed by atoms with E-state index in [2.05, 4.69) is 5.32 Å². The van der Waals surface area contributed by atoms with Crippen molar-refractivity contribution in [2.24, 2.45) is 5.92 Å². The van der Waals surface area contributed by atoms with Gasteiger partial charge in [-0.25, -0.2) is 13.2 Å². The maximum Gasteiger partial charge on any atom is 0.161 e. The zero-order valence-corrected chi connectivity index (χ0v) is 9.22. The first-order chi connectivity index (χ1) is 8.13. The van der Waals surface area contributed by atoms with Crippen molar-refractivity contribution >= 4 is 0 Å². The maximum absolute atomic E-state index is 13.6. The smallest absolute Gasteiger partial charge is 0.161 e. The Balaban J connectivity index is 2.34. The highest BCUT2D eigenvalue weighted by Crippen LogP contribution is 2.32. The number of nitrogens with one attached hydrogen (secondary N) is 1. The molecule has 0 bridgehead atoms. The third-order valence-corrected chi connectivity index (χ3v) is 3.28. The minimum absolute atomic E-state index is 0.101. The monoisotopic (exact) mass is 245 g/mol. The SMILES string of the molecule is OC[C@@H]1CNCC[C@H]1c1cc(F)c(F)cc1F. The molecule has 2 N–H and O–H groups in total. The Bertz CT molecular complexity index is 411. The average molecular weight is 245 g/mol. The van der Waals surface area contributed by atoms with E-state index in [0.717, 1.165) is 6.07 Å². The van der Waals surface area contributed by atoms with Crippen LogP contribution in [0.3, 0.4) is 0 Å². The van der Waals surface area contributed by atoms with Crippen LogP contribution in [-0.2, 0) is 0 Å². The van der Waals surface area contributed by atoms with Gasteiger partial charge in [-0.15, -0.1) is 0 Å². The van der Waals surface area contributed by atoms with Crippen LogP contribution in [0, 0.1) is 23.4 Å². The van der Waals surface area contributed by atoms with E-state index in [1.54, 1.807) is 0 Å². The second-order valence-electron chi connectivity index (χ2n) is 4.33. The number of rotatable bonds is 2. The molecule has 0 unspecified atom stereocenters. The molecule has 94 valence electrons. The molecule has 0 aliphatic carbocycles. The van der Waals surface area contributed by atoms with E-state index in [1.807, 2.05) is 0 Å². The summed E-state index contributed by atoms with van der Waals surface area (Å²) in [5.41, 5.74) is 0.157. The molecule has 2 nitrogen and oxygen atoms in total. The molecule has 0 saturated carbocycles. The van der Waals surface area contributed by atoms with E-state index in [0.29, 0.717) is 25.6 Å². The Hall–Kier alpha value is -1.07. The first-order valence-corrected chi connectivity index (χ1v) is 5.59. The van der Waals surface area contributed by atoms with Crippen molar-refractivity contribution < 1.29 is 18.3 Å². The molecular weight excluding hydrogens is 231 g/mol. The highest BCUT2D eigenvalue weighted by Gasteiger charge is 2.28. The lowest BCUT2D eigenvalue weighted by atomic mass is 9.81. The van der Waals surface area contributed by atoms with Gasteiger partial charge in [0.1, 0.15) is 5.82 Å². The Labute approximate surface area is 97.5 Å². The minimum atomic E-state index is -1.18. The molecular formula is C12H14F3NO. The normalized spacial score (nSPS) is 24.9. The van der Waals surface area contributed by atoms with Gasteiger partial charge in [0.05, 0.1) is 0 Å². The molecule has 1 saturated heterocycles. The zero-order valence-electron chi connectivity index (χ0n) is 9.22.